The van der Waals surface area contributed by atoms with Crippen LogP contribution in [0.5, 0.6) is 5.75 Å². The number of rotatable bonds is 5. The first kappa shape index (κ1) is 16.2. The maximum Gasteiger partial charge on any atom is 0.165 e. The molecule has 124 valence electrons. The molecule has 1 heterocycles. The molecule has 0 saturated heterocycles. The topological polar surface area (TPSA) is 75.3 Å². The van der Waals surface area contributed by atoms with Gasteiger partial charge in [0.25, 0.3) is 0 Å². The van der Waals surface area contributed by atoms with Crippen LogP contribution in [0.4, 0.5) is 5.82 Å². The maximum absolute atomic E-state index is 10.2. The Bertz CT molecular complexity index is 863. The summed E-state index contributed by atoms with van der Waals surface area (Å²) in [6.45, 7) is 6.20. The highest BCUT2D eigenvalue weighted by atomic mass is 16.3. The van der Waals surface area contributed by atoms with Gasteiger partial charge in [0.2, 0.25) is 0 Å². The van der Waals surface area contributed by atoms with Crippen LogP contribution in [-0.2, 0) is 0 Å². The molecular weight excluding hydrogens is 300 g/mol. The van der Waals surface area contributed by atoms with Crippen LogP contribution in [0.1, 0.15) is 12.5 Å². The molecule has 3 N–H and O–H groups in total. The molecule has 0 radical (unpaired) electrons. The number of nitrogens with zero attached hydrogens (tertiary/aromatic N) is 3. The third kappa shape index (κ3) is 3.03. The van der Waals surface area contributed by atoms with Crippen molar-refractivity contribution < 1.29 is 5.11 Å². The molecule has 3 aromatic rings. The first-order valence-corrected chi connectivity index (χ1v) is 8.15. The number of benzene rings is 2. The summed E-state index contributed by atoms with van der Waals surface area (Å²) in [6, 6.07) is 13.3. The maximum atomic E-state index is 10.2. The van der Waals surface area contributed by atoms with E-state index < -0.39 is 0 Å². The van der Waals surface area contributed by atoms with Gasteiger partial charge in [-0.25, -0.2) is 9.97 Å². The van der Waals surface area contributed by atoms with Crippen molar-refractivity contribution >= 4 is 16.7 Å². The zero-order chi connectivity index (χ0) is 17.1. The summed E-state index contributed by atoms with van der Waals surface area (Å²) >= 11 is 0. The lowest BCUT2D eigenvalue weighted by Crippen LogP contribution is -2.30. The summed E-state index contributed by atoms with van der Waals surface area (Å²) in [5.41, 5.74) is 8.39. The van der Waals surface area contributed by atoms with E-state index in [-0.39, 0.29) is 5.75 Å². The largest absolute Gasteiger partial charge is 0.507 e. The normalized spacial score (nSPS) is 11.0. The molecule has 5 nitrogen and oxygen atoms in total. The van der Waals surface area contributed by atoms with E-state index in [0.717, 1.165) is 35.4 Å². The number of aryl methyl sites for hydroxylation is 1. The number of hydrogen-bond acceptors (Lipinski definition) is 5. The Balaban J connectivity index is 2.26. The number of phenolic OH excluding ortho intramolecular Hbond substituents is 1. The molecule has 2 aromatic carbocycles. The highest BCUT2D eigenvalue weighted by Gasteiger charge is 2.15. The summed E-state index contributed by atoms with van der Waals surface area (Å²) in [7, 11) is 0. The average molecular weight is 322 g/mol. The fourth-order valence-electron chi connectivity index (χ4n) is 2.82. The molecule has 0 aliphatic rings. The van der Waals surface area contributed by atoms with Crippen molar-refractivity contribution in [2.24, 2.45) is 5.73 Å². The van der Waals surface area contributed by atoms with Gasteiger partial charge in [-0.3, -0.25) is 0 Å². The zero-order valence-corrected chi connectivity index (χ0v) is 14.0. The third-order valence-corrected chi connectivity index (χ3v) is 4.06. The van der Waals surface area contributed by atoms with Crippen molar-refractivity contribution in [2.45, 2.75) is 13.8 Å². The van der Waals surface area contributed by atoms with Crippen LogP contribution in [0.3, 0.4) is 0 Å². The molecule has 24 heavy (non-hydrogen) atoms. The van der Waals surface area contributed by atoms with E-state index >= 15 is 0 Å². The Morgan fingerprint density at radius 2 is 1.92 bits per heavy atom. The molecule has 1 aromatic heterocycles. The van der Waals surface area contributed by atoms with Gasteiger partial charge in [-0.2, -0.15) is 0 Å². The number of phenols is 1. The number of aromatic hydroxyl groups is 1. The fraction of sp³-hybridized carbons (Fsp3) is 0.263. The summed E-state index contributed by atoms with van der Waals surface area (Å²) < 4.78 is 0. The van der Waals surface area contributed by atoms with Crippen LogP contribution in [0, 0.1) is 6.92 Å². The van der Waals surface area contributed by atoms with Gasteiger partial charge in [0.1, 0.15) is 11.6 Å². The number of likely N-dealkylation sites (N-methyl/N-ethyl adjacent to an activating group) is 1. The van der Waals surface area contributed by atoms with Gasteiger partial charge in [-0.05, 0) is 43.7 Å². The summed E-state index contributed by atoms with van der Waals surface area (Å²) in [6.07, 6.45) is 0. The Labute approximate surface area is 141 Å². The quantitative estimate of drug-likeness (QED) is 0.755. The number of hydrogen-bond donors (Lipinski definition) is 2. The van der Waals surface area contributed by atoms with E-state index in [9.17, 15) is 5.11 Å². The van der Waals surface area contributed by atoms with Crippen molar-refractivity contribution in [1.82, 2.24) is 9.97 Å². The number of fused-ring (bicyclic) bond motifs is 1. The Kier molecular flexibility index (Phi) is 4.62. The Morgan fingerprint density at radius 3 is 2.62 bits per heavy atom. The molecule has 0 spiro atoms. The lowest BCUT2D eigenvalue weighted by atomic mass is 10.1. The zero-order valence-electron chi connectivity index (χ0n) is 14.0. The highest BCUT2D eigenvalue weighted by Crippen LogP contribution is 2.31. The first-order valence-electron chi connectivity index (χ1n) is 8.15. The van der Waals surface area contributed by atoms with Crippen LogP contribution >= 0.6 is 0 Å². The number of aromatic nitrogens is 2. The smallest absolute Gasteiger partial charge is 0.165 e. The predicted molar refractivity (Wildman–Crippen MR) is 98.3 cm³/mol. The first-order chi connectivity index (χ1) is 11.6. The molecule has 3 rings (SSSR count). The van der Waals surface area contributed by atoms with Gasteiger partial charge in [0, 0.05) is 25.0 Å². The molecule has 0 aliphatic carbocycles. The number of anilines is 1. The summed E-state index contributed by atoms with van der Waals surface area (Å²) in [5.74, 6) is 1.56. The fourth-order valence-corrected chi connectivity index (χ4v) is 2.82. The minimum Gasteiger partial charge on any atom is -0.507 e. The SMILES string of the molecule is CCN(CCN)c1nc(-c2ccccc2O)nc2cc(C)ccc12. The van der Waals surface area contributed by atoms with Crippen LogP contribution in [0.2, 0.25) is 0 Å². The van der Waals surface area contributed by atoms with E-state index in [4.69, 9.17) is 10.7 Å². The second-order valence-electron chi connectivity index (χ2n) is 5.78. The van der Waals surface area contributed by atoms with E-state index in [1.54, 1.807) is 12.1 Å². The molecule has 0 aliphatic heterocycles. The van der Waals surface area contributed by atoms with E-state index in [1.165, 1.54) is 0 Å². The van der Waals surface area contributed by atoms with Crippen LogP contribution in [0.25, 0.3) is 22.3 Å². The van der Waals surface area contributed by atoms with Crippen LogP contribution in [0.15, 0.2) is 42.5 Å². The van der Waals surface area contributed by atoms with Gasteiger partial charge >= 0.3 is 0 Å². The van der Waals surface area contributed by atoms with Gasteiger partial charge < -0.3 is 15.7 Å². The Hall–Kier alpha value is -2.66. The van der Waals surface area contributed by atoms with E-state index in [0.29, 0.717) is 17.9 Å². The molecule has 0 bridgehead atoms. The van der Waals surface area contributed by atoms with Crippen molar-refractivity contribution in [3.63, 3.8) is 0 Å². The predicted octanol–water partition coefficient (Wildman–Crippen LogP) is 3.10. The second kappa shape index (κ2) is 6.84. The molecule has 0 fully saturated rings. The van der Waals surface area contributed by atoms with Gasteiger partial charge in [-0.1, -0.05) is 18.2 Å². The van der Waals surface area contributed by atoms with Crippen molar-refractivity contribution in [1.29, 1.82) is 0 Å². The molecule has 0 unspecified atom stereocenters. The number of para-hydroxylation sites is 1. The average Bonchev–Trinajstić information content (AvgIpc) is 2.59. The van der Waals surface area contributed by atoms with Gasteiger partial charge in [0.15, 0.2) is 5.82 Å². The van der Waals surface area contributed by atoms with Gasteiger partial charge in [0.05, 0.1) is 11.1 Å². The molecule has 0 atom stereocenters. The lowest BCUT2D eigenvalue weighted by molar-refractivity contribution is 0.477. The highest BCUT2D eigenvalue weighted by molar-refractivity contribution is 5.91. The van der Waals surface area contributed by atoms with E-state index in [1.807, 2.05) is 31.2 Å². The molecule has 5 heteroatoms. The summed E-state index contributed by atoms with van der Waals surface area (Å²) in [4.78, 5) is 11.6. The van der Waals surface area contributed by atoms with Crippen LogP contribution < -0.4 is 10.6 Å². The third-order valence-electron chi connectivity index (χ3n) is 4.06. The molecular formula is C19H22N4O. The van der Waals surface area contributed by atoms with E-state index in [2.05, 4.69) is 22.9 Å². The second-order valence-corrected chi connectivity index (χ2v) is 5.78. The van der Waals surface area contributed by atoms with Crippen molar-refractivity contribution in [3.05, 3.63) is 48.0 Å². The minimum absolute atomic E-state index is 0.178. The lowest BCUT2D eigenvalue weighted by Gasteiger charge is -2.23. The summed E-state index contributed by atoms with van der Waals surface area (Å²) in [5, 5.41) is 11.2. The van der Waals surface area contributed by atoms with Crippen LogP contribution in [-0.4, -0.2) is 34.7 Å². The van der Waals surface area contributed by atoms with Gasteiger partial charge in [-0.15, -0.1) is 0 Å². The standard InChI is InChI=1S/C19H22N4O/c1-3-23(11-10-20)19-14-9-8-13(2)12-16(14)21-18(22-19)15-6-4-5-7-17(15)24/h4-9,12,24H,3,10-11,20H2,1-2H3. The van der Waals surface area contributed by atoms with Crippen molar-refractivity contribution in [3.8, 4) is 17.1 Å². The monoisotopic (exact) mass is 322 g/mol. The Morgan fingerprint density at radius 1 is 1.12 bits per heavy atom. The van der Waals surface area contributed by atoms with Crippen molar-refractivity contribution in [2.75, 3.05) is 24.5 Å². The molecule has 0 amide bonds. The number of nitrogens with two attached hydrogens (primary N) is 1. The minimum atomic E-state index is 0.178. The molecule has 0 saturated carbocycles.